The van der Waals surface area contributed by atoms with Crippen LogP contribution in [0.4, 0.5) is 23.2 Å². The van der Waals surface area contributed by atoms with Gasteiger partial charge in [0.25, 0.3) is 0 Å². The highest BCUT2D eigenvalue weighted by Gasteiger charge is 2.45. The van der Waals surface area contributed by atoms with Crippen molar-refractivity contribution in [3.8, 4) is 5.75 Å². The van der Waals surface area contributed by atoms with Gasteiger partial charge in [-0.05, 0) is 44.9 Å². The number of anilines is 1. The van der Waals surface area contributed by atoms with Gasteiger partial charge >= 0.3 is 6.18 Å². The van der Waals surface area contributed by atoms with Crippen LogP contribution in [0.25, 0.3) is 0 Å². The van der Waals surface area contributed by atoms with Crippen molar-refractivity contribution in [2.75, 3.05) is 38.7 Å². The van der Waals surface area contributed by atoms with Crippen LogP contribution in [0.1, 0.15) is 25.7 Å². The van der Waals surface area contributed by atoms with Crippen LogP contribution in [-0.2, 0) is 0 Å². The molecule has 8 heteroatoms. The maximum atomic E-state index is 13.6. The summed E-state index contributed by atoms with van der Waals surface area (Å²) in [6, 6.07) is 4.91. The Morgan fingerprint density at radius 2 is 1.81 bits per heavy atom. The minimum atomic E-state index is -4.16. The molecule has 2 saturated heterocycles. The van der Waals surface area contributed by atoms with E-state index in [9.17, 15) is 17.6 Å². The number of hydrogen-bond donors (Lipinski definition) is 1. The van der Waals surface area contributed by atoms with Gasteiger partial charge in [-0.15, -0.1) is 0 Å². The van der Waals surface area contributed by atoms with E-state index in [0.29, 0.717) is 5.69 Å². The number of benzene rings is 1. The van der Waals surface area contributed by atoms with Crippen LogP contribution in [0, 0.1) is 11.7 Å². The van der Waals surface area contributed by atoms with Crippen molar-refractivity contribution in [2.45, 2.75) is 38.1 Å². The van der Waals surface area contributed by atoms with Gasteiger partial charge in [-0.2, -0.15) is 13.2 Å². The lowest BCUT2D eigenvalue weighted by Crippen LogP contribution is -2.30. The summed E-state index contributed by atoms with van der Waals surface area (Å²) in [7, 11) is 3.09. The van der Waals surface area contributed by atoms with Gasteiger partial charge in [-0.1, -0.05) is 0 Å². The maximum Gasteiger partial charge on any atom is 0.393 e. The number of aliphatic hydroxyl groups excluding tert-OH is 1. The van der Waals surface area contributed by atoms with Crippen molar-refractivity contribution < 1.29 is 27.4 Å². The molecule has 0 aliphatic carbocycles. The Balaban J connectivity index is 0.000000197. The number of methoxy groups -OCH3 is 1. The van der Waals surface area contributed by atoms with Gasteiger partial charge in [-0.25, -0.2) is 4.39 Å². The van der Waals surface area contributed by atoms with Gasteiger partial charge in [0, 0.05) is 25.7 Å². The fourth-order valence-corrected chi connectivity index (χ4v) is 3.21. The molecule has 2 fully saturated rings. The second-order valence-electron chi connectivity index (χ2n) is 6.76. The van der Waals surface area contributed by atoms with Crippen LogP contribution < -0.4 is 9.64 Å². The van der Waals surface area contributed by atoms with Crippen molar-refractivity contribution in [2.24, 2.45) is 5.92 Å². The summed E-state index contributed by atoms with van der Waals surface area (Å²) in [5, 5.41) is 8.96. The summed E-state index contributed by atoms with van der Waals surface area (Å²) in [4.78, 5) is 3.40. The summed E-state index contributed by atoms with van der Waals surface area (Å²) in [6.45, 7) is 1.80. The largest absolute Gasteiger partial charge is 0.497 e. The van der Waals surface area contributed by atoms with Gasteiger partial charge in [0.15, 0.2) is 0 Å². The lowest BCUT2D eigenvalue weighted by atomic mass is 10.1. The minimum Gasteiger partial charge on any atom is -0.497 e. The molecule has 0 spiro atoms. The Labute approximate surface area is 151 Å². The number of rotatable bonds is 2. The summed E-state index contributed by atoms with van der Waals surface area (Å²) >= 11 is 0. The van der Waals surface area contributed by atoms with Crippen LogP contribution in [0.3, 0.4) is 0 Å². The number of nitrogens with zero attached hydrogens (tertiary/aromatic N) is 2. The summed E-state index contributed by atoms with van der Waals surface area (Å²) in [5.41, 5.74) is 0.675. The lowest BCUT2D eigenvalue weighted by Gasteiger charge is -2.29. The highest BCUT2D eigenvalue weighted by molar-refractivity contribution is 5.52. The van der Waals surface area contributed by atoms with Crippen LogP contribution >= 0.6 is 0 Å². The van der Waals surface area contributed by atoms with Crippen molar-refractivity contribution in [1.29, 1.82) is 0 Å². The zero-order valence-electron chi connectivity index (χ0n) is 15.1. The molecule has 0 radical (unpaired) electrons. The molecule has 2 aliphatic heterocycles. The van der Waals surface area contributed by atoms with E-state index < -0.39 is 18.3 Å². The number of aliphatic hydroxyl groups is 1. The molecule has 1 N–H and O–H groups in total. The van der Waals surface area contributed by atoms with Gasteiger partial charge < -0.3 is 14.7 Å². The van der Waals surface area contributed by atoms with Crippen LogP contribution in [0.15, 0.2) is 18.2 Å². The Hall–Kier alpha value is -1.54. The molecule has 2 unspecified atom stereocenters. The molecule has 26 heavy (non-hydrogen) atoms. The summed E-state index contributed by atoms with van der Waals surface area (Å²) in [6.07, 6.45) is -1.73. The number of likely N-dealkylation sites (tertiary alicyclic amines) is 1. The lowest BCUT2D eigenvalue weighted by molar-refractivity contribution is -0.171. The summed E-state index contributed by atoms with van der Waals surface area (Å²) in [5.74, 6) is -0.794. The Morgan fingerprint density at radius 3 is 2.27 bits per heavy atom. The van der Waals surface area contributed by atoms with Crippen LogP contribution in [0.5, 0.6) is 5.75 Å². The average Bonchev–Trinajstić information content (AvgIpc) is 2.96. The van der Waals surface area contributed by atoms with Crippen molar-refractivity contribution in [3.63, 3.8) is 0 Å². The first-order valence-electron chi connectivity index (χ1n) is 8.76. The minimum absolute atomic E-state index is 0.0926. The number of halogens is 4. The van der Waals surface area contributed by atoms with Crippen LogP contribution in [0.2, 0.25) is 0 Å². The normalized spacial score (nSPS) is 24.2. The highest BCUT2D eigenvalue weighted by atomic mass is 19.4. The predicted octanol–water partition coefficient (Wildman–Crippen LogP) is 3.64. The van der Waals surface area contributed by atoms with E-state index in [-0.39, 0.29) is 18.8 Å². The van der Waals surface area contributed by atoms with Crippen molar-refractivity contribution in [1.82, 2.24) is 4.90 Å². The van der Waals surface area contributed by atoms with E-state index in [2.05, 4.69) is 4.90 Å². The molecule has 0 aromatic heterocycles. The quantitative estimate of drug-likeness (QED) is 0.797. The first-order chi connectivity index (χ1) is 12.2. The van der Waals surface area contributed by atoms with Crippen molar-refractivity contribution in [3.05, 3.63) is 24.0 Å². The number of ether oxygens (including phenoxy) is 1. The second kappa shape index (κ2) is 8.90. The van der Waals surface area contributed by atoms with E-state index in [1.165, 1.54) is 24.4 Å². The highest BCUT2D eigenvalue weighted by Crippen LogP contribution is 2.34. The Kier molecular flexibility index (Phi) is 7.11. The smallest absolute Gasteiger partial charge is 0.393 e. The monoisotopic (exact) mass is 378 g/mol. The van der Waals surface area contributed by atoms with E-state index in [1.54, 1.807) is 19.2 Å². The molecule has 0 amide bonds. The van der Waals surface area contributed by atoms with Crippen LogP contribution in [-0.4, -0.2) is 56.2 Å². The number of piperidine rings is 1. The molecule has 2 atom stereocenters. The molecule has 0 bridgehead atoms. The number of alkyl halides is 3. The predicted molar refractivity (Wildman–Crippen MR) is 91.8 cm³/mol. The second-order valence-corrected chi connectivity index (χ2v) is 6.76. The van der Waals surface area contributed by atoms with Gasteiger partial charge in [0.1, 0.15) is 17.8 Å². The van der Waals surface area contributed by atoms with E-state index in [4.69, 9.17) is 9.84 Å². The fourth-order valence-electron chi connectivity index (χ4n) is 3.21. The molecule has 2 heterocycles. The van der Waals surface area contributed by atoms with E-state index >= 15 is 0 Å². The average molecular weight is 378 g/mol. The van der Waals surface area contributed by atoms with Gasteiger partial charge in [0.2, 0.25) is 0 Å². The molecule has 3 rings (SSSR count). The first kappa shape index (κ1) is 20.8. The molecule has 2 aliphatic rings. The third-order valence-corrected chi connectivity index (χ3v) is 4.83. The van der Waals surface area contributed by atoms with Gasteiger partial charge in [-0.3, -0.25) is 4.90 Å². The molecular formula is C18H26F4N2O2. The first-order valence-corrected chi connectivity index (χ1v) is 8.76. The van der Waals surface area contributed by atoms with E-state index in [1.807, 2.05) is 0 Å². The molecule has 1 aromatic rings. The molecule has 4 nitrogen and oxygen atoms in total. The van der Waals surface area contributed by atoms with Gasteiger partial charge in [0.05, 0.1) is 18.7 Å². The molecular weight excluding hydrogens is 352 g/mol. The molecule has 0 saturated carbocycles. The zero-order valence-corrected chi connectivity index (χ0v) is 15.1. The maximum absolute atomic E-state index is 13.6. The third-order valence-electron chi connectivity index (χ3n) is 4.83. The third kappa shape index (κ3) is 5.48. The zero-order chi connectivity index (χ0) is 19.3. The SMILES string of the molecule is CN1CC(C(F)(F)F)CC1O.COc1ccc(F)c(N2CCCCC2)c1. The molecule has 1 aromatic carbocycles. The van der Waals surface area contributed by atoms with E-state index in [0.717, 1.165) is 31.7 Å². The topological polar surface area (TPSA) is 35.9 Å². The Morgan fingerprint density at radius 1 is 1.15 bits per heavy atom. The number of hydrogen-bond acceptors (Lipinski definition) is 4. The Bertz CT molecular complexity index is 567. The van der Waals surface area contributed by atoms with Crippen molar-refractivity contribution >= 4 is 5.69 Å². The fraction of sp³-hybridized carbons (Fsp3) is 0.667. The standard InChI is InChI=1S/C12H16FNO.C6H10F3NO/c1-15-10-5-6-11(13)12(9-10)14-7-3-2-4-8-14;1-10-3-4(2-5(10)11)6(7,8)9/h5-6,9H,2-4,7-8H2,1H3;4-5,11H,2-3H2,1H3. The summed E-state index contributed by atoms with van der Waals surface area (Å²) < 4.78 is 54.6. The molecule has 148 valence electrons.